The van der Waals surface area contributed by atoms with Crippen LogP contribution in [0.3, 0.4) is 0 Å². The summed E-state index contributed by atoms with van der Waals surface area (Å²) in [7, 11) is -2.20. The van der Waals surface area contributed by atoms with E-state index in [4.69, 9.17) is 0 Å². The van der Waals surface area contributed by atoms with Crippen molar-refractivity contribution in [1.29, 1.82) is 0 Å². The SMILES string of the molecule is Cn1nnc(Br)c1S(=O)(=O)NCc1ccncn1. The normalized spacial score (nSPS) is 11.7. The zero-order valence-electron chi connectivity index (χ0n) is 9.28. The summed E-state index contributed by atoms with van der Waals surface area (Å²) < 4.78 is 27.8. The highest BCUT2D eigenvalue weighted by molar-refractivity contribution is 9.10. The van der Waals surface area contributed by atoms with Gasteiger partial charge in [0.15, 0.2) is 4.60 Å². The lowest BCUT2D eigenvalue weighted by Gasteiger charge is -2.05. The summed E-state index contributed by atoms with van der Waals surface area (Å²) in [6, 6.07) is 1.62. The zero-order chi connectivity index (χ0) is 13.2. The molecule has 96 valence electrons. The molecule has 0 spiro atoms. The monoisotopic (exact) mass is 332 g/mol. The topological polar surface area (TPSA) is 103 Å². The molecule has 0 atom stereocenters. The van der Waals surface area contributed by atoms with Crippen LogP contribution in [0.4, 0.5) is 0 Å². The molecule has 0 fully saturated rings. The van der Waals surface area contributed by atoms with Gasteiger partial charge in [-0.05, 0) is 22.0 Å². The van der Waals surface area contributed by atoms with Crippen molar-refractivity contribution in [2.24, 2.45) is 7.05 Å². The van der Waals surface area contributed by atoms with Gasteiger partial charge in [0.25, 0.3) is 10.0 Å². The summed E-state index contributed by atoms with van der Waals surface area (Å²) >= 11 is 3.04. The van der Waals surface area contributed by atoms with Crippen molar-refractivity contribution >= 4 is 26.0 Å². The minimum atomic E-state index is -3.70. The van der Waals surface area contributed by atoms with Crippen LogP contribution in [-0.2, 0) is 23.6 Å². The average Bonchev–Trinajstić information content (AvgIpc) is 2.69. The van der Waals surface area contributed by atoms with E-state index in [1.165, 1.54) is 24.3 Å². The molecule has 0 bridgehead atoms. The molecule has 8 nitrogen and oxygen atoms in total. The molecular weight excluding hydrogens is 324 g/mol. The van der Waals surface area contributed by atoms with Crippen molar-refractivity contribution in [3.8, 4) is 0 Å². The van der Waals surface area contributed by atoms with Crippen LogP contribution in [0.15, 0.2) is 28.2 Å². The first-order valence-electron chi connectivity index (χ1n) is 4.80. The van der Waals surface area contributed by atoms with E-state index in [9.17, 15) is 8.42 Å². The number of aromatic nitrogens is 5. The fourth-order valence-electron chi connectivity index (χ4n) is 1.27. The van der Waals surface area contributed by atoms with Crippen molar-refractivity contribution < 1.29 is 8.42 Å². The summed E-state index contributed by atoms with van der Waals surface area (Å²) in [4.78, 5) is 7.67. The molecule has 0 saturated carbocycles. The largest absolute Gasteiger partial charge is 0.260 e. The van der Waals surface area contributed by atoms with Gasteiger partial charge >= 0.3 is 0 Å². The van der Waals surface area contributed by atoms with Crippen LogP contribution in [0.1, 0.15) is 5.69 Å². The van der Waals surface area contributed by atoms with E-state index in [0.717, 1.165) is 0 Å². The first-order valence-corrected chi connectivity index (χ1v) is 7.08. The Bertz CT molecular complexity index is 621. The molecule has 1 N–H and O–H groups in total. The molecule has 0 amide bonds. The highest BCUT2D eigenvalue weighted by Crippen LogP contribution is 2.17. The number of rotatable bonds is 4. The van der Waals surface area contributed by atoms with Crippen molar-refractivity contribution in [3.05, 3.63) is 28.9 Å². The zero-order valence-corrected chi connectivity index (χ0v) is 11.7. The lowest BCUT2D eigenvalue weighted by Crippen LogP contribution is -2.26. The Hall–Kier alpha value is -1.39. The highest BCUT2D eigenvalue weighted by Gasteiger charge is 2.23. The van der Waals surface area contributed by atoms with Crippen LogP contribution < -0.4 is 4.72 Å². The molecule has 10 heteroatoms. The summed E-state index contributed by atoms with van der Waals surface area (Å²) in [5, 5.41) is 7.20. The molecule has 2 rings (SSSR count). The third-order valence-electron chi connectivity index (χ3n) is 2.08. The van der Waals surface area contributed by atoms with Crippen LogP contribution >= 0.6 is 15.9 Å². The molecule has 0 aliphatic carbocycles. The van der Waals surface area contributed by atoms with Gasteiger partial charge in [-0.2, -0.15) is 0 Å². The Balaban J connectivity index is 2.19. The van der Waals surface area contributed by atoms with Gasteiger partial charge in [0, 0.05) is 13.2 Å². The van der Waals surface area contributed by atoms with E-state index in [2.05, 4.69) is 40.9 Å². The Kier molecular flexibility index (Phi) is 3.68. The molecule has 2 aromatic heterocycles. The second kappa shape index (κ2) is 5.08. The molecule has 18 heavy (non-hydrogen) atoms. The lowest BCUT2D eigenvalue weighted by molar-refractivity contribution is 0.559. The lowest BCUT2D eigenvalue weighted by atomic mass is 10.4. The number of nitrogens with zero attached hydrogens (tertiary/aromatic N) is 5. The molecule has 0 aliphatic heterocycles. The molecule has 0 saturated heterocycles. The van der Waals surface area contributed by atoms with Crippen LogP contribution in [-0.4, -0.2) is 33.4 Å². The van der Waals surface area contributed by atoms with Crippen LogP contribution in [0.25, 0.3) is 0 Å². The summed E-state index contributed by atoms with van der Waals surface area (Å²) in [5.74, 6) is 0. The van der Waals surface area contributed by atoms with Gasteiger partial charge in [-0.25, -0.2) is 27.8 Å². The van der Waals surface area contributed by atoms with E-state index < -0.39 is 10.0 Å². The predicted octanol–water partition coefficient (Wildman–Crippen LogP) is -0.154. The maximum atomic E-state index is 12.0. The van der Waals surface area contributed by atoms with Gasteiger partial charge in [-0.1, -0.05) is 5.21 Å². The summed E-state index contributed by atoms with van der Waals surface area (Å²) in [5.41, 5.74) is 0.569. The van der Waals surface area contributed by atoms with Gasteiger partial charge in [0.2, 0.25) is 5.03 Å². The minimum Gasteiger partial charge on any atom is -0.245 e. The molecule has 2 heterocycles. The van der Waals surface area contributed by atoms with Gasteiger partial charge < -0.3 is 0 Å². The van der Waals surface area contributed by atoms with Crippen LogP contribution in [0.5, 0.6) is 0 Å². The Morgan fingerprint density at radius 2 is 2.28 bits per heavy atom. The van der Waals surface area contributed by atoms with E-state index in [1.807, 2.05) is 0 Å². The molecule has 0 aliphatic rings. The quantitative estimate of drug-likeness (QED) is 0.834. The number of nitrogens with one attached hydrogen (secondary N) is 1. The summed E-state index contributed by atoms with van der Waals surface area (Å²) in [6.07, 6.45) is 2.89. The molecule has 0 unspecified atom stereocenters. The Morgan fingerprint density at radius 3 is 2.83 bits per heavy atom. The van der Waals surface area contributed by atoms with Gasteiger partial charge in [0.05, 0.1) is 12.2 Å². The smallest absolute Gasteiger partial charge is 0.245 e. The minimum absolute atomic E-state index is 0.0310. The van der Waals surface area contributed by atoms with Crippen LogP contribution in [0, 0.1) is 0 Å². The number of aryl methyl sites for hydroxylation is 1. The molecular formula is C8H9BrN6O2S. The third kappa shape index (κ3) is 2.71. The third-order valence-corrected chi connectivity index (χ3v) is 4.37. The summed E-state index contributed by atoms with van der Waals surface area (Å²) in [6.45, 7) is 0.0719. The average molecular weight is 333 g/mol. The molecule has 0 aromatic carbocycles. The number of hydrogen-bond donors (Lipinski definition) is 1. The Morgan fingerprint density at radius 1 is 1.50 bits per heavy atom. The first kappa shape index (κ1) is 13.1. The second-order valence-corrected chi connectivity index (χ2v) is 5.77. The van der Waals surface area contributed by atoms with Crippen molar-refractivity contribution in [2.45, 2.75) is 11.6 Å². The van der Waals surface area contributed by atoms with Gasteiger partial charge in [0.1, 0.15) is 6.33 Å². The van der Waals surface area contributed by atoms with E-state index in [0.29, 0.717) is 5.69 Å². The molecule has 0 radical (unpaired) electrons. The first-order chi connectivity index (χ1) is 8.50. The fourth-order valence-corrected chi connectivity index (χ4v) is 3.36. The predicted molar refractivity (Wildman–Crippen MR) is 64.8 cm³/mol. The number of sulfonamides is 1. The second-order valence-electron chi connectivity index (χ2n) is 3.33. The van der Waals surface area contributed by atoms with Gasteiger partial charge in [-0.3, -0.25) is 0 Å². The highest BCUT2D eigenvalue weighted by atomic mass is 79.9. The van der Waals surface area contributed by atoms with Crippen molar-refractivity contribution in [1.82, 2.24) is 29.7 Å². The maximum absolute atomic E-state index is 12.0. The van der Waals surface area contributed by atoms with Crippen molar-refractivity contribution in [2.75, 3.05) is 0 Å². The van der Waals surface area contributed by atoms with Crippen LogP contribution in [0.2, 0.25) is 0 Å². The van der Waals surface area contributed by atoms with E-state index in [-0.39, 0.29) is 16.2 Å². The standard InChI is InChI=1S/C8H9BrN6O2S/c1-15-8(7(9)13-14-15)18(16,17)12-4-6-2-3-10-5-11-6/h2-3,5,12H,4H2,1H3. The number of hydrogen-bond acceptors (Lipinski definition) is 6. The van der Waals surface area contributed by atoms with E-state index in [1.54, 1.807) is 6.07 Å². The Labute approximate surface area is 112 Å². The maximum Gasteiger partial charge on any atom is 0.260 e. The van der Waals surface area contributed by atoms with E-state index >= 15 is 0 Å². The molecule has 2 aromatic rings. The van der Waals surface area contributed by atoms with Gasteiger partial charge in [-0.15, -0.1) is 5.10 Å². The fraction of sp³-hybridized carbons (Fsp3) is 0.250. The number of halogens is 1. The van der Waals surface area contributed by atoms with Crippen molar-refractivity contribution in [3.63, 3.8) is 0 Å².